The van der Waals surface area contributed by atoms with Crippen LogP contribution in [0.3, 0.4) is 0 Å². The molecule has 0 saturated carbocycles. The van der Waals surface area contributed by atoms with Crippen LogP contribution >= 0.6 is 0 Å². The minimum absolute atomic E-state index is 0.221. The van der Waals surface area contributed by atoms with E-state index in [9.17, 15) is 4.39 Å². The van der Waals surface area contributed by atoms with Gasteiger partial charge in [0.25, 0.3) is 0 Å². The van der Waals surface area contributed by atoms with E-state index >= 15 is 0 Å². The minimum Gasteiger partial charge on any atom is -0.356 e. The average Bonchev–Trinajstić information content (AvgIpc) is 2.57. The Morgan fingerprint density at radius 2 is 2.06 bits per heavy atom. The first-order chi connectivity index (χ1) is 8.31. The number of hydrogen-bond donors (Lipinski definition) is 1. The summed E-state index contributed by atoms with van der Waals surface area (Å²) in [4.78, 5) is 3.01. The molecule has 0 radical (unpaired) electrons. The van der Waals surface area contributed by atoms with Gasteiger partial charge in [0.1, 0.15) is 5.83 Å². The van der Waals surface area contributed by atoms with Gasteiger partial charge in [-0.15, -0.1) is 0 Å². The fraction of sp³-hybridized carbons (Fsp3) is 0.500. The monoisotopic (exact) mass is 249 g/mol. The van der Waals surface area contributed by atoms with Crippen molar-refractivity contribution in [1.82, 2.24) is 4.98 Å². The Morgan fingerprint density at radius 3 is 2.50 bits per heavy atom. The summed E-state index contributed by atoms with van der Waals surface area (Å²) in [5.74, 6) is 0.966. The van der Waals surface area contributed by atoms with Crippen molar-refractivity contribution in [3.63, 3.8) is 0 Å². The van der Waals surface area contributed by atoms with Crippen LogP contribution in [0.2, 0.25) is 0 Å². The lowest BCUT2D eigenvalue weighted by Gasteiger charge is -2.15. The second-order valence-corrected chi connectivity index (χ2v) is 5.62. The van der Waals surface area contributed by atoms with Gasteiger partial charge in [0.05, 0.1) is 5.35 Å². The Bertz CT molecular complexity index is 534. The number of aryl methyl sites for hydroxylation is 1. The molecule has 100 valence electrons. The largest absolute Gasteiger partial charge is 0.356 e. The van der Waals surface area contributed by atoms with Crippen LogP contribution in [-0.4, -0.2) is 4.98 Å². The Labute approximate surface area is 109 Å². The molecule has 1 heterocycles. The fourth-order valence-electron chi connectivity index (χ4n) is 1.95. The molecule has 0 aliphatic carbocycles. The molecule has 0 amide bonds. The van der Waals surface area contributed by atoms with Crippen molar-refractivity contribution in [3.8, 4) is 0 Å². The molecule has 1 aromatic rings. The van der Waals surface area contributed by atoms with Crippen LogP contribution in [0.4, 0.5) is 4.39 Å². The van der Waals surface area contributed by atoms with Gasteiger partial charge in [-0.2, -0.15) is 0 Å². The number of rotatable bonds is 4. The zero-order valence-electron chi connectivity index (χ0n) is 12.1. The highest BCUT2D eigenvalue weighted by Gasteiger charge is 2.08. The molecule has 2 heteroatoms. The first-order valence-electron chi connectivity index (χ1n) is 6.52. The highest BCUT2D eigenvalue weighted by Crippen LogP contribution is 2.20. The van der Waals surface area contributed by atoms with E-state index in [0.717, 1.165) is 17.7 Å². The standard InChI is InChI=1S/C16H24FN/c1-10(2)12(4)7-11(3)8-15(17)16-13(5)9-14(6)18-16/h8-10,12,18H,5,7H2,1-4,6H3/b11-8-,16-15-. The van der Waals surface area contributed by atoms with Crippen molar-refractivity contribution in [2.45, 2.75) is 41.0 Å². The molecule has 0 aliphatic heterocycles. The number of allylic oxidation sites excluding steroid dienone is 2. The molecule has 1 N–H and O–H groups in total. The zero-order valence-corrected chi connectivity index (χ0v) is 12.1. The molecule has 1 rings (SSSR count). The third-order valence-corrected chi connectivity index (χ3v) is 3.43. The Morgan fingerprint density at radius 1 is 1.44 bits per heavy atom. The lowest BCUT2D eigenvalue weighted by molar-refractivity contribution is 0.416. The first-order valence-corrected chi connectivity index (χ1v) is 6.52. The first kappa shape index (κ1) is 14.7. The normalized spacial score (nSPS) is 16.1. The quantitative estimate of drug-likeness (QED) is 0.841. The van der Waals surface area contributed by atoms with Gasteiger partial charge in [0, 0.05) is 5.69 Å². The molecule has 0 saturated heterocycles. The Balaban J connectivity index is 2.99. The van der Waals surface area contributed by atoms with Crippen molar-refractivity contribution in [2.24, 2.45) is 11.8 Å². The van der Waals surface area contributed by atoms with Crippen molar-refractivity contribution in [1.29, 1.82) is 0 Å². The van der Waals surface area contributed by atoms with E-state index in [4.69, 9.17) is 0 Å². The summed E-state index contributed by atoms with van der Waals surface area (Å²) in [6.45, 7) is 14.3. The molecule has 0 aromatic carbocycles. The minimum atomic E-state index is -0.221. The number of H-pyrrole nitrogens is 1. The highest BCUT2D eigenvalue weighted by atomic mass is 19.1. The third kappa shape index (κ3) is 3.86. The second kappa shape index (κ2) is 6.03. The average molecular weight is 249 g/mol. The van der Waals surface area contributed by atoms with Gasteiger partial charge < -0.3 is 4.98 Å². The molecular formula is C16H24FN. The van der Waals surface area contributed by atoms with Crippen molar-refractivity contribution in [3.05, 3.63) is 34.0 Å². The van der Waals surface area contributed by atoms with E-state index < -0.39 is 0 Å². The molecular weight excluding hydrogens is 225 g/mol. The lowest BCUT2D eigenvalue weighted by atomic mass is 9.91. The van der Waals surface area contributed by atoms with E-state index in [-0.39, 0.29) is 5.83 Å². The van der Waals surface area contributed by atoms with E-state index in [1.54, 1.807) is 6.08 Å². The summed E-state index contributed by atoms with van der Waals surface area (Å²) in [5, 5.41) is 1.22. The van der Waals surface area contributed by atoms with E-state index in [1.807, 2.05) is 19.9 Å². The van der Waals surface area contributed by atoms with Crippen molar-refractivity contribution in [2.75, 3.05) is 0 Å². The Kier molecular flexibility index (Phi) is 4.94. The van der Waals surface area contributed by atoms with Gasteiger partial charge in [0.2, 0.25) is 0 Å². The molecule has 1 aromatic heterocycles. The van der Waals surface area contributed by atoms with Crippen molar-refractivity contribution >= 4 is 12.4 Å². The number of aromatic amines is 1. The maximum absolute atomic E-state index is 14.1. The highest BCUT2D eigenvalue weighted by molar-refractivity contribution is 5.49. The Hall–Kier alpha value is -1.31. The number of halogens is 1. The zero-order chi connectivity index (χ0) is 13.9. The van der Waals surface area contributed by atoms with Crippen LogP contribution < -0.4 is 10.6 Å². The van der Waals surface area contributed by atoms with Gasteiger partial charge in [-0.25, -0.2) is 4.39 Å². The van der Waals surface area contributed by atoms with Crippen LogP contribution in [-0.2, 0) is 0 Å². The molecule has 0 aliphatic rings. The number of hydrogen-bond acceptors (Lipinski definition) is 0. The summed E-state index contributed by atoms with van der Waals surface area (Å²) < 4.78 is 14.1. The van der Waals surface area contributed by atoms with Crippen molar-refractivity contribution < 1.29 is 4.39 Å². The summed E-state index contributed by atoms with van der Waals surface area (Å²) in [7, 11) is 0. The molecule has 18 heavy (non-hydrogen) atoms. The molecule has 1 nitrogen and oxygen atoms in total. The predicted molar refractivity (Wildman–Crippen MR) is 77.2 cm³/mol. The lowest BCUT2D eigenvalue weighted by Crippen LogP contribution is -2.22. The molecule has 1 atom stereocenters. The maximum atomic E-state index is 14.1. The number of aromatic nitrogens is 1. The third-order valence-electron chi connectivity index (χ3n) is 3.43. The smallest absolute Gasteiger partial charge is 0.147 e. The van der Waals surface area contributed by atoms with E-state index in [1.165, 1.54) is 0 Å². The fourth-order valence-corrected chi connectivity index (χ4v) is 1.95. The van der Waals surface area contributed by atoms with E-state index in [2.05, 4.69) is 32.3 Å². The van der Waals surface area contributed by atoms with Gasteiger partial charge in [-0.1, -0.05) is 32.9 Å². The predicted octanol–water partition coefficient (Wildman–Crippen LogP) is 3.44. The van der Waals surface area contributed by atoms with Crippen LogP contribution in [0, 0.1) is 18.8 Å². The van der Waals surface area contributed by atoms with E-state index in [0.29, 0.717) is 22.4 Å². The van der Waals surface area contributed by atoms with Gasteiger partial charge >= 0.3 is 0 Å². The SMILES string of the molecule is C=c1cc(C)[nH]/c1=C(F)/C=C(/C)CC(C)C(C)C. The summed E-state index contributed by atoms with van der Waals surface area (Å²) >= 11 is 0. The maximum Gasteiger partial charge on any atom is 0.147 e. The van der Waals surface area contributed by atoms with Crippen LogP contribution in [0.15, 0.2) is 17.7 Å². The number of nitrogens with one attached hydrogen (secondary N) is 1. The molecule has 0 fully saturated rings. The van der Waals surface area contributed by atoms with Crippen LogP contribution in [0.1, 0.15) is 39.8 Å². The molecule has 0 spiro atoms. The summed E-state index contributed by atoms with van der Waals surface area (Å²) in [6.07, 6.45) is 2.55. The summed E-state index contributed by atoms with van der Waals surface area (Å²) in [6, 6.07) is 1.86. The van der Waals surface area contributed by atoms with Gasteiger partial charge in [-0.05, 0) is 49.5 Å². The summed E-state index contributed by atoms with van der Waals surface area (Å²) in [5.41, 5.74) is 2.01. The molecule has 1 unspecified atom stereocenters. The van der Waals surface area contributed by atoms with Crippen LogP contribution in [0.25, 0.3) is 12.4 Å². The topological polar surface area (TPSA) is 15.8 Å². The van der Waals surface area contributed by atoms with Crippen LogP contribution in [0.5, 0.6) is 0 Å². The second-order valence-electron chi connectivity index (χ2n) is 5.62. The van der Waals surface area contributed by atoms with Gasteiger partial charge in [0.15, 0.2) is 0 Å². The molecule has 0 bridgehead atoms. The van der Waals surface area contributed by atoms with Gasteiger partial charge in [-0.3, -0.25) is 0 Å².